The van der Waals surface area contributed by atoms with Crippen molar-refractivity contribution in [3.05, 3.63) is 55.2 Å². The van der Waals surface area contributed by atoms with Crippen LogP contribution in [0, 0.1) is 0 Å². The van der Waals surface area contributed by atoms with Crippen molar-refractivity contribution >= 4 is 26.7 Å². The van der Waals surface area contributed by atoms with Crippen molar-refractivity contribution in [3.63, 3.8) is 0 Å². The van der Waals surface area contributed by atoms with Gasteiger partial charge in [-0.15, -0.1) is 0 Å². The van der Waals surface area contributed by atoms with Crippen molar-refractivity contribution in [3.8, 4) is 22.4 Å². The maximum atomic E-state index is 12.0. The number of fused-ring (bicyclic) bond motifs is 1. The van der Waals surface area contributed by atoms with E-state index in [0.29, 0.717) is 12.1 Å². The average molecular weight is 408 g/mol. The number of rotatable bonds is 6. The number of aryl methyl sites for hydroxylation is 1. The summed E-state index contributed by atoms with van der Waals surface area (Å²) in [7, 11) is -1.52. The first-order valence-corrected chi connectivity index (χ1v) is 10.8. The van der Waals surface area contributed by atoms with Gasteiger partial charge in [-0.05, 0) is 30.2 Å². The molecule has 0 aliphatic rings. The van der Waals surface area contributed by atoms with Crippen molar-refractivity contribution in [2.75, 3.05) is 10.5 Å². The molecule has 0 saturated carbocycles. The fourth-order valence-corrected chi connectivity index (χ4v) is 4.15. The van der Waals surface area contributed by atoms with Gasteiger partial charge in [0.25, 0.3) is 0 Å². The van der Waals surface area contributed by atoms with Crippen LogP contribution in [0.2, 0.25) is 0 Å². The standard InChI is InChI=1S/C20H20N6O2S/c1-3-6-29(27,28)25-17-7-15(9-21-11-17)14-4-5-18-19(8-14)24-20(12-22-18)16-10-23-26(2)13-16/h4-5,7-13,25H,3,6H2,1-2H3. The minimum atomic E-state index is -3.37. The lowest BCUT2D eigenvalue weighted by molar-refractivity contribution is 0.600. The lowest BCUT2D eigenvalue weighted by Crippen LogP contribution is -2.16. The number of benzene rings is 1. The van der Waals surface area contributed by atoms with Gasteiger partial charge < -0.3 is 0 Å². The zero-order chi connectivity index (χ0) is 20.4. The molecule has 0 bridgehead atoms. The van der Waals surface area contributed by atoms with Crippen molar-refractivity contribution in [1.29, 1.82) is 0 Å². The summed E-state index contributed by atoms with van der Waals surface area (Å²) in [6.07, 6.45) is 9.09. The van der Waals surface area contributed by atoms with Crippen LogP contribution in [-0.2, 0) is 17.1 Å². The summed E-state index contributed by atoms with van der Waals surface area (Å²) in [6.45, 7) is 1.82. The van der Waals surface area contributed by atoms with E-state index in [4.69, 9.17) is 4.98 Å². The third-order valence-electron chi connectivity index (χ3n) is 4.36. The molecule has 8 nitrogen and oxygen atoms in total. The van der Waals surface area contributed by atoms with Gasteiger partial charge >= 0.3 is 0 Å². The highest BCUT2D eigenvalue weighted by Crippen LogP contribution is 2.26. The lowest BCUT2D eigenvalue weighted by atomic mass is 10.1. The topological polar surface area (TPSA) is 103 Å². The second kappa shape index (κ2) is 7.59. The summed E-state index contributed by atoms with van der Waals surface area (Å²) in [5.74, 6) is 0.0694. The first-order valence-electron chi connectivity index (χ1n) is 9.15. The van der Waals surface area contributed by atoms with Crippen molar-refractivity contribution in [2.45, 2.75) is 13.3 Å². The number of pyridine rings is 1. The van der Waals surface area contributed by atoms with Crippen LogP contribution in [0.3, 0.4) is 0 Å². The Morgan fingerprint density at radius 2 is 1.86 bits per heavy atom. The van der Waals surface area contributed by atoms with Gasteiger partial charge in [-0.3, -0.25) is 19.4 Å². The Balaban J connectivity index is 1.69. The molecule has 0 spiro atoms. The second-order valence-corrected chi connectivity index (χ2v) is 8.59. The largest absolute Gasteiger partial charge is 0.282 e. The normalized spacial score (nSPS) is 11.7. The molecule has 0 aliphatic heterocycles. The fourth-order valence-electron chi connectivity index (χ4n) is 3.04. The monoisotopic (exact) mass is 408 g/mol. The molecule has 0 atom stereocenters. The van der Waals surface area contributed by atoms with Gasteiger partial charge in [0, 0.05) is 30.6 Å². The summed E-state index contributed by atoms with van der Waals surface area (Å²) in [5.41, 5.74) is 5.24. The van der Waals surface area contributed by atoms with Crippen LogP contribution in [-0.4, -0.2) is 38.9 Å². The summed E-state index contributed by atoms with van der Waals surface area (Å²) < 4.78 is 28.4. The summed E-state index contributed by atoms with van der Waals surface area (Å²) >= 11 is 0. The van der Waals surface area contributed by atoms with Crippen molar-refractivity contribution in [1.82, 2.24) is 24.7 Å². The molecule has 0 saturated heterocycles. The van der Waals surface area contributed by atoms with Crippen LogP contribution in [0.15, 0.2) is 55.2 Å². The molecule has 4 aromatic rings. The van der Waals surface area contributed by atoms with E-state index in [1.165, 1.54) is 6.20 Å². The third kappa shape index (κ3) is 4.24. The molecule has 29 heavy (non-hydrogen) atoms. The quantitative estimate of drug-likeness (QED) is 0.525. The molecule has 0 unspecified atom stereocenters. The molecule has 9 heteroatoms. The minimum absolute atomic E-state index is 0.0694. The van der Waals surface area contributed by atoms with Crippen molar-refractivity contribution < 1.29 is 8.42 Å². The minimum Gasteiger partial charge on any atom is -0.282 e. The van der Waals surface area contributed by atoms with E-state index in [2.05, 4.69) is 19.8 Å². The zero-order valence-corrected chi connectivity index (χ0v) is 16.9. The highest BCUT2D eigenvalue weighted by Gasteiger charge is 2.11. The summed E-state index contributed by atoms with van der Waals surface area (Å²) in [4.78, 5) is 13.4. The molecule has 0 fully saturated rings. The molecular weight excluding hydrogens is 388 g/mol. The first-order chi connectivity index (χ1) is 13.9. The molecule has 0 amide bonds. The van der Waals surface area contributed by atoms with E-state index in [9.17, 15) is 8.42 Å². The van der Waals surface area contributed by atoms with E-state index in [1.807, 2.05) is 38.4 Å². The zero-order valence-electron chi connectivity index (χ0n) is 16.1. The van der Waals surface area contributed by atoms with Gasteiger partial charge in [-0.25, -0.2) is 13.4 Å². The molecule has 0 radical (unpaired) electrons. The maximum Gasteiger partial charge on any atom is 0.232 e. The number of anilines is 1. The number of hydrogen-bond donors (Lipinski definition) is 1. The van der Waals surface area contributed by atoms with Crippen LogP contribution >= 0.6 is 0 Å². The predicted molar refractivity (Wildman–Crippen MR) is 113 cm³/mol. The molecule has 4 rings (SSSR count). The van der Waals surface area contributed by atoms with Gasteiger partial charge in [0.2, 0.25) is 10.0 Å². The fraction of sp³-hybridized carbons (Fsp3) is 0.200. The van der Waals surface area contributed by atoms with Gasteiger partial charge in [0.15, 0.2) is 0 Å². The average Bonchev–Trinajstić information content (AvgIpc) is 3.13. The van der Waals surface area contributed by atoms with Crippen LogP contribution in [0.4, 0.5) is 5.69 Å². The lowest BCUT2D eigenvalue weighted by Gasteiger charge is -2.09. The van der Waals surface area contributed by atoms with Crippen LogP contribution in [0.1, 0.15) is 13.3 Å². The molecule has 3 aromatic heterocycles. The Hall–Kier alpha value is -3.33. The Labute approximate surface area is 168 Å². The van der Waals surface area contributed by atoms with Gasteiger partial charge in [-0.1, -0.05) is 13.0 Å². The van der Waals surface area contributed by atoms with Gasteiger partial charge in [0.1, 0.15) is 0 Å². The Kier molecular flexibility index (Phi) is 4.98. The van der Waals surface area contributed by atoms with E-state index in [0.717, 1.165) is 33.4 Å². The molecule has 1 aromatic carbocycles. The van der Waals surface area contributed by atoms with E-state index in [1.54, 1.807) is 29.3 Å². The molecule has 148 valence electrons. The smallest absolute Gasteiger partial charge is 0.232 e. The summed E-state index contributed by atoms with van der Waals surface area (Å²) in [5, 5.41) is 4.17. The molecular formula is C20H20N6O2S. The number of aromatic nitrogens is 5. The van der Waals surface area contributed by atoms with Crippen LogP contribution in [0.25, 0.3) is 33.4 Å². The first kappa shape index (κ1) is 19.0. The molecule has 0 aliphatic carbocycles. The second-order valence-electron chi connectivity index (χ2n) is 6.74. The number of nitrogens with zero attached hydrogens (tertiary/aromatic N) is 5. The third-order valence-corrected chi connectivity index (χ3v) is 5.85. The van der Waals surface area contributed by atoms with Crippen LogP contribution < -0.4 is 4.72 Å². The highest BCUT2D eigenvalue weighted by atomic mass is 32.2. The highest BCUT2D eigenvalue weighted by molar-refractivity contribution is 7.92. The van der Waals surface area contributed by atoms with Crippen molar-refractivity contribution in [2.24, 2.45) is 7.05 Å². The van der Waals surface area contributed by atoms with Crippen LogP contribution in [0.5, 0.6) is 0 Å². The van der Waals surface area contributed by atoms with E-state index < -0.39 is 10.0 Å². The SMILES string of the molecule is CCCS(=O)(=O)Nc1cncc(-c2ccc3ncc(-c4cnn(C)c4)nc3c2)c1. The Morgan fingerprint density at radius 1 is 1.00 bits per heavy atom. The predicted octanol–water partition coefficient (Wildman–Crippen LogP) is 3.24. The number of sulfonamides is 1. The Bertz CT molecular complexity index is 1280. The summed E-state index contributed by atoms with van der Waals surface area (Å²) in [6, 6.07) is 7.49. The maximum absolute atomic E-state index is 12.0. The van der Waals surface area contributed by atoms with E-state index in [-0.39, 0.29) is 5.75 Å². The number of nitrogens with one attached hydrogen (secondary N) is 1. The molecule has 3 heterocycles. The molecule has 1 N–H and O–H groups in total. The van der Waals surface area contributed by atoms with Gasteiger partial charge in [-0.2, -0.15) is 5.10 Å². The Morgan fingerprint density at radius 3 is 2.62 bits per heavy atom. The number of hydrogen-bond acceptors (Lipinski definition) is 6. The van der Waals surface area contributed by atoms with Gasteiger partial charge in [0.05, 0.1) is 46.8 Å². The van der Waals surface area contributed by atoms with E-state index >= 15 is 0 Å².